The lowest BCUT2D eigenvalue weighted by atomic mass is 10.1. The number of hydrogen-bond donors (Lipinski definition) is 0. The predicted molar refractivity (Wildman–Crippen MR) is 31.3 cm³/mol. The number of hydrogen-bond acceptors (Lipinski definition) is 2. The highest BCUT2D eigenvalue weighted by molar-refractivity contribution is 6.18. The zero-order valence-electron chi connectivity index (χ0n) is 4.82. The van der Waals surface area contributed by atoms with Crippen molar-refractivity contribution in [2.75, 3.05) is 26.2 Å². The Balaban J connectivity index is 2.33. The van der Waals surface area contributed by atoms with E-state index < -0.39 is 0 Å². The number of methoxy groups -OCH3 is 1. The molecule has 0 aliphatic carbocycles. The summed E-state index contributed by atoms with van der Waals surface area (Å²) in [6.45, 7) is 1.29. The van der Waals surface area contributed by atoms with Gasteiger partial charge in [-0.05, 0) is 0 Å². The van der Waals surface area contributed by atoms with Gasteiger partial charge >= 0.3 is 0 Å². The molecule has 0 aromatic heterocycles. The van der Waals surface area contributed by atoms with Crippen LogP contribution >= 0.6 is 11.6 Å². The van der Waals surface area contributed by atoms with Crippen LogP contribution in [0, 0.1) is 0 Å². The quantitative estimate of drug-likeness (QED) is 0.519. The summed E-state index contributed by atoms with van der Waals surface area (Å²) in [5.41, 5.74) is -0.151. The molecule has 1 saturated heterocycles. The van der Waals surface area contributed by atoms with Crippen LogP contribution in [-0.4, -0.2) is 31.8 Å². The first-order chi connectivity index (χ1) is 3.83. The van der Waals surface area contributed by atoms with Gasteiger partial charge in [0.25, 0.3) is 0 Å². The summed E-state index contributed by atoms with van der Waals surface area (Å²) in [7, 11) is 1.66. The van der Waals surface area contributed by atoms with Gasteiger partial charge in [-0.25, -0.2) is 0 Å². The molecule has 8 heavy (non-hydrogen) atoms. The van der Waals surface area contributed by atoms with E-state index in [0.29, 0.717) is 19.1 Å². The van der Waals surface area contributed by atoms with Crippen molar-refractivity contribution < 1.29 is 9.47 Å². The molecule has 0 atom stereocenters. The Morgan fingerprint density at radius 1 is 1.75 bits per heavy atom. The standard InChI is InChI=1S/C5H9ClO2/c1-7-5(2-6)3-8-4-5/h2-4H2,1H3. The second-order valence-corrected chi connectivity index (χ2v) is 2.28. The molecule has 1 aliphatic rings. The van der Waals surface area contributed by atoms with E-state index in [0.717, 1.165) is 0 Å². The molecule has 0 bridgehead atoms. The molecule has 48 valence electrons. The molecule has 0 unspecified atom stereocenters. The van der Waals surface area contributed by atoms with Crippen LogP contribution in [0.3, 0.4) is 0 Å². The van der Waals surface area contributed by atoms with Gasteiger partial charge in [0.2, 0.25) is 0 Å². The van der Waals surface area contributed by atoms with E-state index in [1.807, 2.05) is 0 Å². The average Bonchev–Trinajstić information content (AvgIpc) is 1.67. The largest absolute Gasteiger partial charge is 0.375 e. The lowest BCUT2D eigenvalue weighted by Crippen LogP contribution is -2.52. The number of alkyl halides is 1. The zero-order valence-corrected chi connectivity index (χ0v) is 5.57. The first-order valence-corrected chi connectivity index (χ1v) is 3.05. The van der Waals surface area contributed by atoms with Crippen molar-refractivity contribution in [2.45, 2.75) is 5.60 Å². The molecule has 2 nitrogen and oxygen atoms in total. The summed E-state index contributed by atoms with van der Waals surface area (Å²) in [6.07, 6.45) is 0. The van der Waals surface area contributed by atoms with Crippen LogP contribution in [0.5, 0.6) is 0 Å². The lowest BCUT2D eigenvalue weighted by molar-refractivity contribution is -0.181. The molecule has 1 heterocycles. The van der Waals surface area contributed by atoms with Crippen LogP contribution in [0.25, 0.3) is 0 Å². The highest BCUT2D eigenvalue weighted by atomic mass is 35.5. The topological polar surface area (TPSA) is 18.5 Å². The Kier molecular flexibility index (Phi) is 1.75. The van der Waals surface area contributed by atoms with Gasteiger partial charge in [-0.3, -0.25) is 0 Å². The molecule has 0 aromatic rings. The Hall–Kier alpha value is 0.210. The molecular weight excluding hydrogens is 128 g/mol. The monoisotopic (exact) mass is 136 g/mol. The van der Waals surface area contributed by atoms with Gasteiger partial charge in [0, 0.05) is 7.11 Å². The SMILES string of the molecule is COC1(CCl)COC1. The lowest BCUT2D eigenvalue weighted by Gasteiger charge is -2.38. The van der Waals surface area contributed by atoms with Gasteiger partial charge in [0.05, 0.1) is 19.1 Å². The number of ether oxygens (including phenoxy) is 2. The molecule has 1 fully saturated rings. The predicted octanol–water partition coefficient (Wildman–Crippen LogP) is 0.641. The molecule has 3 heteroatoms. The van der Waals surface area contributed by atoms with E-state index in [9.17, 15) is 0 Å². The van der Waals surface area contributed by atoms with E-state index in [2.05, 4.69) is 0 Å². The van der Waals surface area contributed by atoms with Crippen molar-refractivity contribution in [3.8, 4) is 0 Å². The Labute approximate surface area is 53.7 Å². The highest BCUT2D eigenvalue weighted by Gasteiger charge is 2.37. The van der Waals surface area contributed by atoms with Crippen molar-refractivity contribution in [1.82, 2.24) is 0 Å². The minimum atomic E-state index is -0.151. The van der Waals surface area contributed by atoms with E-state index in [1.165, 1.54) is 0 Å². The minimum Gasteiger partial charge on any atom is -0.375 e. The van der Waals surface area contributed by atoms with Crippen LogP contribution in [-0.2, 0) is 9.47 Å². The Morgan fingerprint density at radius 2 is 2.38 bits per heavy atom. The molecule has 0 N–H and O–H groups in total. The van der Waals surface area contributed by atoms with E-state index >= 15 is 0 Å². The normalized spacial score (nSPS) is 24.8. The Morgan fingerprint density at radius 3 is 2.38 bits per heavy atom. The molecule has 0 spiro atoms. The average molecular weight is 137 g/mol. The van der Waals surface area contributed by atoms with Crippen LogP contribution in [0.2, 0.25) is 0 Å². The Bertz CT molecular complexity index is 67.0. The summed E-state index contributed by atoms with van der Waals surface area (Å²) in [4.78, 5) is 0. The smallest absolute Gasteiger partial charge is 0.128 e. The molecule has 0 saturated carbocycles. The summed E-state index contributed by atoms with van der Waals surface area (Å²) >= 11 is 5.56. The summed E-state index contributed by atoms with van der Waals surface area (Å²) in [5.74, 6) is 0.531. The van der Waals surface area contributed by atoms with Crippen molar-refractivity contribution in [1.29, 1.82) is 0 Å². The molecule has 1 aliphatic heterocycles. The van der Waals surface area contributed by atoms with Crippen molar-refractivity contribution in [2.24, 2.45) is 0 Å². The van der Waals surface area contributed by atoms with Crippen LogP contribution in [0.1, 0.15) is 0 Å². The van der Waals surface area contributed by atoms with Crippen LogP contribution < -0.4 is 0 Å². The fraction of sp³-hybridized carbons (Fsp3) is 1.00. The minimum absolute atomic E-state index is 0.151. The number of rotatable bonds is 2. The molecule has 0 radical (unpaired) electrons. The molecule has 0 aromatic carbocycles. The van der Waals surface area contributed by atoms with Gasteiger partial charge in [-0.1, -0.05) is 0 Å². The van der Waals surface area contributed by atoms with Gasteiger partial charge in [-0.15, -0.1) is 11.6 Å². The zero-order chi connectivity index (χ0) is 6.04. The second kappa shape index (κ2) is 2.21. The van der Waals surface area contributed by atoms with Gasteiger partial charge in [-0.2, -0.15) is 0 Å². The van der Waals surface area contributed by atoms with Crippen molar-refractivity contribution in [3.05, 3.63) is 0 Å². The molecular formula is C5H9ClO2. The molecule has 0 amide bonds. The van der Waals surface area contributed by atoms with E-state index in [-0.39, 0.29) is 5.60 Å². The van der Waals surface area contributed by atoms with Crippen LogP contribution in [0.15, 0.2) is 0 Å². The fourth-order valence-electron chi connectivity index (χ4n) is 0.579. The first kappa shape index (κ1) is 6.33. The van der Waals surface area contributed by atoms with Crippen LogP contribution in [0.4, 0.5) is 0 Å². The summed E-state index contributed by atoms with van der Waals surface area (Å²) < 4.78 is 9.98. The number of halogens is 1. The second-order valence-electron chi connectivity index (χ2n) is 2.01. The summed E-state index contributed by atoms with van der Waals surface area (Å²) in [6, 6.07) is 0. The third-order valence-corrected chi connectivity index (χ3v) is 1.89. The maximum absolute atomic E-state index is 5.56. The summed E-state index contributed by atoms with van der Waals surface area (Å²) in [5, 5.41) is 0. The van der Waals surface area contributed by atoms with Crippen molar-refractivity contribution >= 4 is 11.6 Å². The van der Waals surface area contributed by atoms with Gasteiger partial charge < -0.3 is 9.47 Å². The third kappa shape index (κ3) is 0.835. The van der Waals surface area contributed by atoms with E-state index in [1.54, 1.807) is 7.11 Å². The van der Waals surface area contributed by atoms with Gasteiger partial charge in [0.1, 0.15) is 5.60 Å². The van der Waals surface area contributed by atoms with E-state index in [4.69, 9.17) is 21.1 Å². The third-order valence-electron chi connectivity index (χ3n) is 1.41. The van der Waals surface area contributed by atoms with Crippen molar-refractivity contribution in [3.63, 3.8) is 0 Å². The highest BCUT2D eigenvalue weighted by Crippen LogP contribution is 2.21. The maximum atomic E-state index is 5.56. The molecule has 1 rings (SSSR count). The maximum Gasteiger partial charge on any atom is 0.128 e. The first-order valence-electron chi connectivity index (χ1n) is 2.52. The fourth-order valence-corrected chi connectivity index (χ4v) is 0.843. The van der Waals surface area contributed by atoms with Gasteiger partial charge in [0.15, 0.2) is 0 Å².